The quantitative estimate of drug-likeness (QED) is 0.406. The molecule has 0 aromatic carbocycles. The molecule has 0 N–H and O–H groups in total. The number of halogens is 1. The first-order chi connectivity index (χ1) is 5.18. The fourth-order valence-electron chi connectivity index (χ4n) is 0.640. The Labute approximate surface area is 76.4 Å². The smallest absolute Gasteiger partial charge is 0.319 e. The molecule has 0 radical (unpaired) electrons. The van der Waals surface area contributed by atoms with Crippen LogP contribution in [0.25, 0.3) is 0 Å². The van der Waals surface area contributed by atoms with E-state index in [0.29, 0.717) is 6.61 Å². The number of carbonyl (C=O) groups is 1. The third-order valence-electron chi connectivity index (χ3n) is 1.32. The van der Waals surface area contributed by atoms with Crippen LogP contribution >= 0.6 is 15.9 Å². The molecule has 1 atom stereocenters. The predicted molar refractivity (Wildman–Crippen MR) is 48.9 cm³/mol. The van der Waals surface area contributed by atoms with E-state index in [-0.39, 0.29) is 10.8 Å². The lowest BCUT2D eigenvalue weighted by molar-refractivity contribution is -0.142. The minimum Gasteiger partial charge on any atom is -0.465 e. The van der Waals surface area contributed by atoms with E-state index >= 15 is 0 Å². The van der Waals surface area contributed by atoms with Gasteiger partial charge in [0.15, 0.2) is 0 Å². The second-order valence-electron chi connectivity index (χ2n) is 2.49. The van der Waals surface area contributed by atoms with Crippen molar-refractivity contribution in [1.29, 1.82) is 0 Å². The second-order valence-corrected chi connectivity index (χ2v) is 3.86. The van der Waals surface area contributed by atoms with Crippen molar-refractivity contribution >= 4 is 21.9 Å². The highest BCUT2D eigenvalue weighted by Crippen LogP contribution is 2.01. The van der Waals surface area contributed by atoms with Crippen LogP contribution in [-0.4, -0.2) is 17.4 Å². The van der Waals surface area contributed by atoms with Crippen LogP contribution in [0.5, 0.6) is 0 Å². The van der Waals surface area contributed by atoms with Crippen LogP contribution in [0.4, 0.5) is 0 Å². The Hall–Kier alpha value is -0.0500. The number of esters is 1. The summed E-state index contributed by atoms with van der Waals surface area (Å²) in [5.41, 5.74) is 0. The van der Waals surface area contributed by atoms with Crippen LogP contribution in [0.15, 0.2) is 0 Å². The summed E-state index contributed by atoms with van der Waals surface area (Å²) in [7, 11) is 0. The first kappa shape index (κ1) is 11.0. The summed E-state index contributed by atoms with van der Waals surface area (Å²) in [6, 6.07) is 0. The summed E-state index contributed by atoms with van der Waals surface area (Å²) >= 11 is 3.13. The molecule has 0 aromatic rings. The second kappa shape index (κ2) is 6.65. The SMILES string of the molecule is CCCCCOC(=O)C(C)Br. The summed E-state index contributed by atoms with van der Waals surface area (Å²) in [5.74, 6) is -0.166. The van der Waals surface area contributed by atoms with E-state index < -0.39 is 0 Å². The van der Waals surface area contributed by atoms with Gasteiger partial charge in [-0.15, -0.1) is 0 Å². The molecule has 0 aliphatic carbocycles. The van der Waals surface area contributed by atoms with E-state index in [9.17, 15) is 4.79 Å². The average Bonchev–Trinajstić information content (AvgIpc) is 1.97. The van der Waals surface area contributed by atoms with E-state index in [1.165, 1.54) is 0 Å². The molecule has 3 heteroatoms. The van der Waals surface area contributed by atoms with Crippen molar-refractivity contribution in [1.82, 2.24) is 0 Å². The van der Waals surface area contributed by atoms with Gasteiger partial charge < -0.3 is 4.74 Å². The van der Waals surface area contributed by atoms with Crippen LogP contribution in [0.1, 0.15) is 33.1 Å². The number of hydrogen-bond acceptors (Lipinski definition) is 2. The van der Waals surface area contributed by atoms with Crippen LogP contribution in [0.2, 0.25) is 0 Å². The third kappa shape index (κ3) is 6.35. The van der Waals surface area contributed by atoms with Crippen molar-refractivity contribution in [3.05, 3.63) is 0 Å². The zero-order chi connectivity index (χ0) is 8.69. The topological polar surface area (TPSA) is 26.3 Å². The number of rotatable bonds is 5. The van der Waals surface area contributed by atoms with Gasteiger partial charge in [-0.2, -0.15) is 0 Å². The number of carbonyl (C=O) groups excluding carboxylic acids is 1. The molecular formula is C8H15BrO2. The highest BCUT2D eigenvalue weighted by Gasteiger charge is 2.08. The first-order valence-electron chi connectivity index (χ1n) is 3.99. The molecule has 0 aliphatic heterocycles. The largest absolute Gasteiger partial charge is 0.465 e. The maximum absolute atomic E-state index is 10.8. The molecule has 2 nitrogen and oxygen atoms in total. The molecule has 0 heterocycles. The van der Waals surface area contributed by atoms with Crippen LogP contribution in [0, 0.1) is 0 Å². The Balaban J connectivity index is 3.18. The molecule has 11 heavy (non-hydrogen) atoms. The van der Waals surface area contributed by atoms with E-state index in [1.807, 2.05) is 0 Å². The summed E-state index contributed by atoms with van der Waals surface area (Å²) in [4.78, 5) is 10.7. The van der Waals surface area contributed by atoms with Gasteiger partial charge in [-0.3, -0.25) is 4.79 Å². The molecule has 1 unspecified atom stereocenters. The summed E-state index contributed by atoms with van der Waals surface area (Å²) in [6.45, 7) is 4.44. The molecule has 66 valence electrons. The number of alkyl halides is 1. The van der Waals surface area contributed by atoms with Crippen molar-refractivity contribution < 1.29 is 9.53 Å². The average molecular weight is 223 g/mol. The lowest BCUT2D eigenvalue weighted by Gasteiger charge is -2.04. The molecule has 0 rings (SSSR count). The zero-order valence-corrected chi connectivity index (χ0v) is 8.69. The van der Waals surface area contributed by atoms with E-state index in [4.69, 9.17) is 4.74 Å². The van der Waals surface area contributed by atoms with Crippen molar-refractivity contribution in [3.63, 3.8) is 0 Å². The molecule has 0 saturated heterocycles. The Morgan fingerprint density at radius 1 is 1.55 bits per heavy atom. The van der Waals surface area contributed by atoms with Gasteiger partial charge in [0.25, 0.3) is 0 Å². The van der Waals surface area contributed by atoms with Gasteiger partial charge in [-0.1, -0.05) is 35.7 Å². The Bertz CT molecular complexity index is 113. The highest BCUT2D eigenvalue weighted by atomic mass is 79.9. The fourth-order valence-corrected chi connectivity index (χ4v) is 0.772. The minimum absolute atomic E-state index is 0.166. The summed E-state index contributed by atoms with van der Waals surface area (Å²) in [6.07, 6.45) is 3.26. The predicted octanol–water partition coefficient (Wildman–Crippen LogP) is 2.50. The number of unbranched alkanes of at least 4 members (excludes halogenated alkanes) is 2. The zero-order valence-electron chi connectivity index (χ0n) is 7.10. The lowest BCUT2D eigenvalue weighted by atomic mass is 10.3. The van der Waals surface area contributed by atoms with Crippen LogP contribution in [-0.2, 0) is 9.53 Å². The first-order valence-corrected chi connectivity index (χ1v) is 4.90. The van der Waals surface area contributed by atoms with Gasteiger partial charge in [0.1, 0.15) is 4.83 Å². The van der Waals surface area contributed by atoms with Crippen molar-refractivity contribution in [2.45, 2.75) is 37.9 Å². The molecule has 0 spiro atoms. The van der Waals surface area contributed by atoms with E-state index in [2.05, 4.69) is 22.9 Å². The van der Waals surface area contributed by atoms with Gasteiger partial charge in [0.05, 0.1) is 6.61 Å². The Morgan fingerprint density at radius 3 is 2.64 bits per heavy atom. The van der Waals surface area contributed by atoms with Crippen LogP contribution < -0.4 is 0 Å². The normalized spacial score (nSPS) is 12.6. The van der Waals surface area contributed by atoms with E-state index in [1.54, 1.807) is 6.92 Å². The summed E-state index contributed by atoms with van der Waals surface area (Å²) < 4.78 is 4.92. The van der Waals surface area contributed by atoms with Crippen LogP contribution in [0.3, 0.4) is 0 Å². The van der Waals surface area contributed by atoms with E-state index in [0.717, 1.165) is 19.3 Å². The monoisotopic (exact) mass is 222 g/mol. The maximum Gasteiger partial charge on any atom is 0.319 e. The van der Waals surface area contributed by atoms with Gasteiger partial charge in [-0.05, 0) is 13.3 Å². The molecule has 0 bridgehead atoms. The molecule has 0 saturated carbocycles. The summed E-state index contributed by atoms with van der Waals surface area (Å²) in [5, 5.41) is 0. The molecule has 0 fully saturated rings. The van der Waals surface area contributed by atoms with Crippen molar-refractivity contribution in [2.24, 2.45) is 0 Å². The number of ether oxygens (including phenoxy) is 1. The van der Waals surface area contributed by atoms with Gasteiger partial charge in [0.2, 0.25) is 0 Å². The molecule has 0 aromatic heterocycles. The van der Waals surface area contributed by atoms with Crippen molar-refractivity contribution in [3.8, 4) is 0 Å². The highest BCUT2D eigenvalue weighted by molar-refractivity contribution is 9.10. The maximum atomic E-state index is 10.8. The Morgan fingerprint density at radius 2 is 2.18 bits per heavy atom. The minimum atomic E-state index is -0.177. The van der Waals surface area contributed by atoms with Crippen molar-refractivity contribution in [2.75, 3.05) is 6.61 Å². The molecule has 0 amide bonds. The lowest BCUT2D eigenvalue weighted by Crippen LogP contribution is -2.14. The molecule has 0 aliphatic rings. The van der Waals surface area contributed by atoms with Gasteiger partial charge in [0, 0.05) is 0 Å². The standard InChI is InChI=1S/C8H15BrO2/c1-3-4-5-6-11-8(10)7(2)9/h7H,3-6H2,1-2H3. The third-order valence-corrected chi connectivity index (χ3v) is 1.69. The molecular weight excluding hydrogens is 208 g/mol. The number of hydrogen-bond donors (Lipinski definition) is 0. The van der Waals surface area contributed by atoms with Gasteiger partial charge >= 0.3 is 5.97 Å². The van der Waals surface area contributed by atoms with Gasteiger partial charge in [-0.25, -0.2) is 0 Å². The Kier molecular flexibility index (Phi) is 6.62. The fraction of sp³-hybridized carbons (Fsp3) is 0.875.